The van der Waals surface area contributed by atoms with Crippen molar-refractivity contribution in [1.82, 2.24) is 5.32 Å². The third-order valence-electron chi connectivity index (χ3n) is 4.02. The van der Waals surface area contributed by atoms with Crippen LogP contribution in [0.4, 0.5) is 32.4 Å². The highest BCUT2D eigenvalue weighted by Crippen LogP contribution is 2.38. The molecular formula is C21H12ClF5N2O2S. The molecule has 0 spiro atoms. The van der Waals surface area contributed by atoms with E-state index in [1.54, 1.807) is 12.1 Å². The summed E-state index contributed by atoms with van der Waals surface area (Å²) in [5.41, 5.74) is -1.49. The van der Waals surface area contributed by atoms with Crippen LogP contribution in [-0.2, 0) is 6.18 Å². The lowest BCUT2D eigenvalue weighted by molar-refractivity contribution is -0.137. The molecule has 0 aliphatic rings. The first-order valence-corrected chi connectivity index (χ1v) is 9.95. The second kappa shape index (κ2) is 9.58. The lowest BCUT2D eigenvalue weighted by atomic mass is 10.2. The zero-order valence-electron chi connectivity index (χ0n) is 15.8. The minimum absolute atomic E-state index is 0.0645. The van der Waals surface area contributed by atoms with Crippen LogP contribution in [0.1, 0.15) is 15.9 Å². The monoisotopic (exact) mass is 486 g/mol. The normalized spacial score (nSPS) is 11.2. The fourth-order valence-corrected chi connectivity index (χ4v) is 3.65. The molecule has 0 aliphatic heterocycles. The van der Waals surface area contributed by atoms with Crippen molar-refractivity contribution >= 4 is 41.0 Å². The maximum absolute atomic E-state index is 13.6. The Hall–Kier alpha value is -3.11. The number of imide groups is 1. The molecule has 3 rings (SSSR count). The van der Waals surface area contributed by atoms with Gasteiger partial charge in [-0.1, -0.05) is 29.4 Å². The third-order valence-corrected chi connectivity index (χ3v) is 5.52. The molecule has 166 valence electrons. The molecule has 0 bridgehead atoms. The molecule has 4 nitrogen and oxygen atoms in total. The van der Waals surface area contributed by atoms with Crippen molar-refractivity contribution in [3.63, 3.8) is 0 Å². The second-order valence-corrected chi connectivity index (χ2v) is 7.80. The molecule has 0 unspecified atom stereocenters. The van der Waals surface area contributed by atoms with Gasteiger partial charge in [0.2, 0.25) is 0 Å². The van der Waals surface area contributed by atoms with Gasteiger partial charge in [-0.25, -0.2) is 13.6 Å². The third kappa shape index (κ3) is 5.77. The molecule has 0 radical (unpaired) electrons. The van der Waals surface area contributed by atoms with Gasteiger partial charge in [0.05, 0.1) is 10.6 Å². The maximum Gasteiger partial charge on any atom is 0.416 e. The number of carbonyl (C=O) groups excluding carboxylic acids is 2. The van der Waals surface area contributed by atoms with E-state index in [1.165, 1.54) is 18.2 Å². The average molecular weight is 487 g/mol. The molecular weight excluding hydrogens is 475 g/mol. The highest BCUT2D eigenvalue weighted by molar-refractivity contribution is 7.99. The van der Waals surface area contributed by atoms with E-state index in [0.717, 1.165) is 42.1 Å². The molecule has 0 aliphatic carbocycles. The number of benzene rings is 3. The van der Waals surface area contributed by atoms with Gasteiger partial charge < -0.3 is 5.32 Å². The number of nitrogens with one attached hydrogen (secondary N) is 2. The molecule has 0 aromatic heterocycles. The summed E-state index contributed by atoms with van der Waals surface area (Å²) in [5, 5.41) is 4.09. The number of urea groups is 1. The van der Waals surface area contributed by atoms with Crippen LogP contribution in [0.25, 0.3) is 0 Å². The molecule has 2 N–H and O–H groups in total. The Bertz CT molecular complexity index is 1150. The summed E-state index contributed by atoms with van der Waals surface area (Å²) < 4.78 is 65.4. The van der Waals surface area contributed by atoms with Crippen LogP contribution in [0, 0.1) is 11.6 Å². The summed E-state index contributed by atoms with van der Waals surface area (Å²) in [5.74, 6) is -3.47. The Kier molecular flexibility index (Phi) is 7.05. The van der Waals surface area contributed by atoms with Gasteiger partial charge in [-0.2, -0.15) is 13.2 Å². The maximum atomic E-state index is 13.6. The van der Waals surface area contributed by atoms with Gasteiger partial charge in [-0.05, 0) is 54.6 Å². The lowest BCUT2D eigenvalue weighted by Gasteiger charge is -2.10. The van der Waals surface area contributed by atoms with Crippen LogP contribution in [0.15, 0.2) is 70.5 Å². The van der Waals surface area contributed by atoms with E-state index in [-0.39, 0.29) is 10.7 Å². The molecule has 11 heteroatoms. The summed E-state index contributed by atoms with van der Waals surface area (Å²) >= 11 is 7.04. The van der Waals surface area contributed by atoms with Gasteiger partial charge in [0.15, 0.2) is 0 Å². The zero-order chi connectivity index (χ0) is 23.5. The van der Waals surface area contributed by atoms with E-state index in [1.807, 2.05) is 5.32 Å². The Morgan fingerprint density at radius 3 is 2.09 bits per heavy atom. The summed E-state index contributed by atoms with van der Waals surface area (Å²) in [4.78, 5) is 24.9. The molecule has 3 amide bonds. The van der Waals surface area contributed by atoms with E-state index >= 15 is 0 Å². The Morgan fingerprint density at radius 2 is 1.53 bits per heavy atom. The molecule has 32 heavy (non-hydrogen) atoms. The van der Waals surface area contributed by atoms with Crippen LogP contribution in [0.5, 0.6) is 0 Å². The smallest absolute Gasteiger partial charge is 0.308 e. The van der Waals surface area contributed by atoms with Crippen molar-refractivity contribution in [3.8, 4) is 0 Å². The number of anilines is 1. The molecule has 0 saturated carbocycles. The van der Waals surface area contributed by atoms with Crippen molar-refractivity contribution in [3.05, 3.63) is 88.4 Å². The van der Waals surface area contributed by atoms with Crippen molar-refractivity contribution < 1.29 is 31.5 Å². The number of carbonyl (C=O) groups is 2. The number of rotatable bonds is 4. The van der Waals surface area contributed by atoms with Crippen molar-refractivity contribution in [2.75, 3.05) is 5.32 Å². The quantitative estimate of drug-likeness (QED) is 0.401. The van der Waals surface area contributed by atoms with E-state index in [4.69, 9.17) is 11.6 Å². The molecule has 0 atom stereocenters. The first-order valence-electron chi connectivity index (χ1n) is 8.75. The summed E-state index contributed by atoms with van der Waals surface area (Å²) in [7, 11) is 0. The fraction of sp³-hybridized carbons (Fsp3) is 0.0476. The van der Waals surface area contributed by atoms with Gasteiger partial charge in [-0.3, -0.25) is 10.1 Å². The summed E-state index contributed by atoms with van der Waals surface area (Å²) in [6, 6.07) is 10.9. The Morgan fingerprint density at radius 1 is 0.906 bits per heavy atom. The van der Waals surface area contributed by atoms with Gasteiger partial charge in [-0.15, -0.1) is 0 Å². The van der Waals surface area contributed by atoms with Crippen molar-refractivity contribution in [1.29, 1.82) is 0 Å². The highest BCUT2D eigenvalue weighted by atomic mass is 35.5. The number of amides is 3. The van der Waals surface area contributed by atoms with Crippen molar-refractivity contribution in [2.45, 2.75) is 16.0 Å². The van der Waals surface area contributed by atoms with Crippen LogP contribution in [-0.4, -0.2) is 11.9 Å². The van der Waals surface area contributed by atoms with E-state index < -0.39 is 40.9 Å². The summed E-state index contributed by atoms with van der Waals surface area (Å²) in [6.07, 6.45) is -4.50. The standard InChI is InChI=1S/C21H12ClF5N2O2S/c22-14-10-11(21(25,26)27)4-9-17(14)32-13-7-5-12(6-8-13)28-20(31)29-19(30)18-15(23)2-1-3-16(18)24/h1-10H,(H2,28,29,30,31). The minimum Gasteiger partial charge on any atom is -0.308 e. The first-order chi connectivity index (χ1) is 15.0. The fourth-order valence-electron chi connectivity index (χ4n) is 2.54. The van der Waals surface area contributed by atoms with Crippen molar-refractivity contribution in [2.24, 2.45) is 0 Å². The second-order valence-electron chi connectivity index (χ2n) is 6.27. The van der Waals surface area contributed by atoms with E-state index in [0.29, 0.717) is 9.79 Å². The van der Waals surface area contributed by atoms with E-state index in [2.05, 4.69) is 5.32 Å². The predicted molar refractivity (Wildman–Crippen MR) is 110 cm³/mol. The van der Waals surface area contributed by atoms with Crippen LogP contribution < -0.4 is 10.6 Å². The van der Waals surface area contributed by atoms with Crippen LogP contribution in [0.2, 0.25) is 5.02 Å². The summed E-state index contributed by atoms with van der Waals surface area (Å²) in [6.45, 7) is 0. The largest absolute Gasteiger partial charge is 0.416 e. The predicted octanol–water partition coefficient (Wildman–Crippen LogP) is 6.75. The van der Waals surface area contributed by atoms with Gasteiger partial charge in [0, 0.05) is 15.5 Å². The van der Waals surface area contributed by atoms with Crippen LogP contribution in [0.3, 0.4) is 0 Å². The number of hydrogen-bond donors (Lipinski definition) is 2. The van der Waals surface area contributed by atoms with Gasteiger partial charge >= 0.3 is 12.2 Å². The zero-order valence-corrected chi connectivity index (χ0v) is 17.3. The Labute approximate surface area is 187 Å². The van der Waals surface area contributed by atoms with E-state index in [9.17, 15) is 31.5 Å². The molecule has 0 saturated heterocycles. The SMILES string of the molecule is O=C(NC(=O)c1c(F)cccc1F)Nc1ccc(Sc2ccc(C(F)(F)F)cc2Cl)cc1. The number of halogens is 6. The topological polar surface area (TPSA) is 58.2 Å². The number of hydrogen-bond acceptors (Lipinski definition) is 3. The van der Waals surface area contributed by atoms with Crippen LogP contribution >= 0.6 is 23.4 Å². The molecule has 0 heterocycles. The molecule has 0 fully saturated rings. The first kappa shape index (κ1) is 23.6. The molecule has 3 aromatic rings. The molecule has 3 aromatic carbocycles. The van der Waals surface area contributed by atoms with Gasteiger partial charge in [0.1, 0.15) is 17.2 Å². The lowest BCUT2D eigenvalue weighted by Crippen LogP contribution is -2.35. The number of alkyl halides is 3. The average Bonchev–Trinajstić information content (AvgIpc) is 2.70. The highest BCUT2D eigenvalue weighted by Gasteiger charge is 2.31. The van der Waals surface area contributed by atoms with Gasteiger partial charge in [0.25, 0.3) is 5.91 Å². The minimum atomic E-state index is -4.50. The Balaban J connectivity index is 1.62.